The molecule has 2 amide bonds. The first-order valence-electron chi connectivity index (χ1n) is 5.86. The summed E-state index contributed by atoms with van der Waals surface area (Å²) >= 11 is 0. The summed E-state index contributed by atoms with van der Waals surface area (Å²) < 4.78 is 0. The van der Waals surface area contributed by atoms with Crippen molar-refractivity contribution in [2.75, 3.05) is 19.6 Å². The molecule has 0 fully saturated rings. The maximum absolute atomic E-state index is 11.3. The van der Waals surface area contributed by atoms with Gasteiger partial charge in [0, 0.05) is 25.6 Å². The molecule has 16 heavy (non-hydrogen) atoms. The molecule has 0 saturated heterocycles. The van der Waals surface area contributed by atoms with Crippen molar-refractivity contribution in [3.05, 3.63) is 0 Å². The predicted molar refractivity (Wildman–Crippen MR) is 64.1 cm³/mol. The van der Waals surface area contributed by atoms with E-state index in [0.29, 0.717) is 19.5 Å². The fourth-order valence-electron chi connectivity index (χ4n) is 1.12. The topological polar surface area (TPSA) is 70.2 Å². The smallest absolute Gasteiger partial charge is 0.234 e. The molecular formula is C11H23N3O2. The van der Waals surface area contributed by atoms with Gasteiger partial charge in [-0.3, -0.25) is 9.59 Å². The summed E-state index contributed by atoms with van der Waals surface area (Å²) in [6.45, 7) is 7.31. The van der Waals surface area contributed by atoms with Crippen LogP contribution in [0.25, 0.3) is 0 Å². The van der Waals surface area contributed by atoms with Crippen molar-refractivity contribution >= 4 is 11.8 Å². The monoisotopic (exact) mass is 229 g/mol. The van der Waals surface area contributed by atoms with E-state index >= 15 is 0 Å². The van der Waals surface area contributed by atoms with Crippen LogP contribution in [-0.4, -0.2) is 37.5 Å². The number of hydrogen-bond acceptors (Lipinski definition) is 3. The minimum Gasteiger partial charge on any atom is -0.356 e. The Hall–Kier alpha value is -1.10. The fraction of sp³-hybridized carbons (Fsp3) is 0.818. The van der Waals surface area contributed by atoms with E-state index in [-0.39, 0.29) is 24.4 Å². The zero-order valence-corrected chi connectivity index (χ0v) is 10.4. The highest BCUT2D eigenvalue weighted by molar-refractivity contribution is 5.78. The van der Waals surface area contributed by atoms with Crippen molar-refractivity contribution in [2.45, 2.75) is 39.7 Å². The van der Waals surface area contributed by atoms with Gasteiger partial charge in [0.25, 0.3) is 0 Å². The molecule has 0 rings (SSSR count). The number of carbonyl (C=O) groups excluding carboxylic acids is 2. The van der Waals surface area contributed by atoms with Crippen LogP contribution in [0.4, 0.5) is 0 Å². The van der Waals surface area contributed by atoms with Crippen molar-refractivity contribution in [2.24, 2.45) is 0 Å². The molecular weight excluding hydrogens is 206 g/mol. The Labute approximate surface area is 97.4 Å². The molecule has 3 N–H and O–H groups in total. The van der Waals surface area contributed by atoms with Crippen LogP contribution >= 0.6 is 0 Å². The molecule has 0 aliphatic carbocycles. The molecule has 0 aromatic heterocycles. The third kappa shape index (κ3) is 8.23. The number of carbonyl (C=O) groups is 2. The molecule has 1 atom stereocenters. The van der Waals surface area contributed by atoms with E-state index in [1.807, 2.05) is 20.8 Å². The van der Waals surface area contributed by atoms with E-state index in [1.165, 1.54) is 0 Å². The molecule has 0 radical (unpaired) electrons. The first-order valence-corrected chi connectivity index (χ1v) is 5.86. The summed E-state index contributed by atoms with van der Waals surface area (Å²) in [5, 5.41) is 8.47. The van der Waals surface area contributed by atoms with Gasteiger partial charge in [0.2, 0.25) is 11.8 Å². The van der Waals surface area contributed by atoms with Gasteiger partial charge in [0.1, 0.15) is 0 Å². The predicted octanol–water partition coefficient (Wildman–Crippen LogP) is 0.0169. The zero-order chi connectivity index (χ0) is 12.4. The van der Waals surface area contributed by atoms with Crippen LogP contribution in [0, 0.1) is 0 Å². The van der Waals surface area contributed by atoms with Crippen LogP contribution in [0.15, 0.2) is 0 Å². The van der Waals surface area contributed by atoms with E-state index in [0.717, 1.165) is 6.42 Å². The lowest BCUT2D eigenvalue weighted by Crippen LogP contribution is -2.39. The second-order valence-corrected chi connectivity index (χ2v) is 3.76. The third-order valence-corrected chi connectivity index (χ3v) is 2.21. The number of hydrogen-bond donors (Lipinski definition) is 3. The summed E-state index contributed by atoms with van der Waals surface area (Å²) in [6.07, 6.45) is 1.33. The summed E-state index contributed by atoms with van der Waals surface area (Å²) in [5.41, 5.74) is 0. The first-order chi connectivity index (χ1) is 7.60. The van der Waals surface area contributed by atoms with E-state index in [4.69, 9.17) is 0 Å². The van der Waals surface area contributed by atoms with E-state index in [1.54, 1.807) is 0 Å². The highest BCUT2D eigenvalue weighted by Gasteiger charge is 2.05. The average molecular weight is 229 g/mol. The molecule has 0 aliphatic heterocycles. The molecule has 1 unspecified atom stereocenters. The summed E-state index contributed by atoms with van der Waals surface area (Å²) in [6, 6.07) is 0.206. The van der Waals surface area contributed by atoms with Gasteiger partial charge in [-0.05, 0) is 20.3 Å². The van der Waals surface area contributed by atoms with Gasteiger partial charge in [-0.2, -0.15) is 0 Å². The largest absolute Gasteiger partial charge is 0.356 e. The number of nitrogens with one attached hydrogen (secondary N) is 3. The van der Waals surface area contributed by atoms with Crippen LogP contribution in [0.2, 0.25) is 0 Å². The fourth-order valence-corrected chi connectivity index (χ4v) is 1.12. The molecule has 0 spiro atoms. The molecule has 5 nitrogen and oxygen atoms in total. The van der Waals surface area contributed by atoms with Crippen molar-refractivity contribution in [3.8, 4) is 0 Å². The molecule has 0 bridgehead atoms. The van der Waals surface area contributed by atoms with Crippen LogP contribution in [0.1, 0.15) is 33.6 Å². The molecule has 0 aliphatic rings. The van der Waals surface area contributed by atoms with Crippen molar-refractivity contribution in [3.63, 3.8) is 0 Å². The van der Waals surface area contributed by atoms with Crippen molar-refractivity contribution < 1.29 is 9.59 Å². The lowest BCUT2D eigenvalue weighted by molar-refractivity contribution is -0.122. The summed E-state index contributed by atoms with van der Waals surface area (Å²) in [5.74, 6) is -0.0115. The molecule has 0 saturated carbocycles. The van der Waals surface area contributed by atoms with Crippen molar-refractivity contribution in [1.29, 1.82) is 0 Å². The van der Waals surface area contributed by atoms with Gasteiger partial charge in [-0.25, -0.2) is 0 Å². The van der Waals surface area contributed by atoms with Gasteiger partial charge in [-0.15, -0.1) is 0 Å². The number of amides is 2. The quantitative estimate of drug-likeness (QED) is 0.514. The second-order valence-electron chi connectivity index (χ2n) is 3.76. The molecule has 0 aromatic rings. The minimum atomic E-state index is -0.0229. The standard InChI is InChI=1S/C11H23N3O2/c1-4-9(3)14-11(16)8-12-7-6-10(15)13-5-2/h9,12H,4-8H2,1-3H3,(H,13,15)(H,14,16). The number of rotatable bonds is 8. The lowest BCUT2D eigenvalue weighted by Gasteiger charge is -2.11. The van der Waals surface area contributed by atoms with Gasteiger partial charge >= 0.3 is 0 Å². The van der Waals surface area contributed by atoms with Gasteiger partial charge < -0.3 is 16.0 Å². The Morgan fingerprint density at radius 1 is 1.19 bits per heavy atom. The lowest BCUT2D eigenvalue weighted by atomic mass is 10.2. The Balaban J connectivity index is 3.44. The minimum absolute atomic E-state index is 0.0114. The third-order valence-electron chi connectivity index (χ3n) is 2.21. The van der Waals surface area contributed by atoms with Crippen LogP contribution in [-0.2, 0) is 9.59 Å². The van der Waals surface area contributed by atoms with Gasteiger partial charge in [-0.1, -0.05) is 6.92 Å². The van der Waals surface area contributed by atoms with E-state index in [2.05, 4.69) is 16.0 Å². The summed E-state index contributed by atoms with van der Waals surface area (Å²) in [4.78, 5) is 22.4. The zero-order valence-electron chi connectivity index (χ0n) is 10.4. The Morgan fingerprint density at radius 3 is 2.44 bits per heavy atom. The Bertz CT molecular complexity index is 219. The van der Waals surface area contributed by atoms with E-state index in [9.17, 15) is 9.59 Å². The SMILES string of the molecule is CCNC(=O)CCNCC(=O)NC(C)CC. The Kier molecular flexibility index (Phi) is 8.52. The summed E-state index contributed by atoms with van der Waals surface area (Å²) in [7, 11) is 0. The van der Waals surface area contributed by atoms with Crippen LogP contribution in [0.3, 0.4) is 0 Å². The van der Waals surface area contributed by atoms with Gasteiger partial charge in [0.15, 0.2) is 0 Å². The van der Waals surface area contributed by atoms with Gasteiger partial charge in [0.05, 0.1) is 6.54 Å². The van der Waals surface area contributed by atoms with E-state index < -0.39 is 0 Å². The molecule has 5 heteroatoms. The normalized spacial score (nSPS) is 11.9. The average Bonchev–Trinajstić information content (AvgIpc) is 2.24. The molecule has 0 heterocycles. The van der Waals surface area contributed by atoms with Crippen LogP contribution in [0.5, 0.6) is 0 Å². The van der Waals surface area contributed by atoms with Crippen LogP contribution < -0.4 is 16.0 Å². The highest BCUT2D eigenvalue weighted by atomic mass is 16.2. The maximum atomic E-state index is 11.3. The second kappa shape index (κ2) is 9.15. The molecule has 0 aromatic carbocycles. The first kappa shape index (κ1) is 14.9. The van der Waals surface area contributed by atoms with Crippen molar-refractivity contribution in [1.82, 2.24) is 16.0 Å². The maximum Gasteiger partial charge on any atom is 0.234 e. The highest BCUT2D eigenvalue weighted by Crippen LogP contribution is 1.86. The Morgan fingerprint density at radius 2 is 1.88 bits per heavy atom. The molecule has 94 valence electrons.